The van der Waals surface area contributed by atoms with Crippen LogP contribution in [0, 0.1) is 5.92 Å². The molecule has 0 heterocycles. The van der Waals surface area contributed by atoms with Crippen LogP contribution in [0.4, 0.5) is 0 Å². The van der Waals surface area contributed by atoms with Crippen molar-refractivity contribution in [2.45, 2.75) is 50.2 Å². The number of benzene rings is 2. The zero-order chi connectivity index (χ0) is 17.0. The molecule has 0 amide bonds. The third-order valence-corrected chi connectivity index (χ3v) is 5.77. The van der Waals surface area contributed by atoms with Gasteiger partial charge in [0.15, 0.2) is 0 Å². The van der Waals surface area contributed by atoms with E-state index in [1.807, 2.05) is 12.1 Å². The molecule has 1 atom stereocenters. The molecule has 1 aliphatic rings. The maximum Gasteiger partial charge on any atom is 0.135 e. The van der Waals surface area contributed by atoms with Crippen LogP contribution in [0.3, 0.4) is 0 Å². The minimum Gasteiger partial charge on any atom is -0.367 e. The molecule has 1 unspecified atom stereocenters. The van der Waals surface area contributed by atoms with Crippen molar-refractivity contribution in [1.29, 1.82) is 0 Å². The molecular weight excluding hydrogens is 294 g/mol. The lowest BCUT2D eigenvalue weighted by molar-refractivity contribution is -0.0444. The lowest BCUT2D eigenvalue weighted by Gasteiger charge is -2.47. The molecule has 1 fully saturated rings. The first-order valence-corrected chi connectivity index (χ1v) is 9.05. The third kappa shape index (κ3) is 3.01. The molecule has 1 aliphatic carbocycles. The smallest absolute Gasteiger partial charge is 0.135 e. The quantitative estimate of drug-likeness (QED) is 0.788. The fourth-order valence-corrected chi connectivity index (χ4v) is 4.10. The highest BCUT2D eigenvalue weighted by Crippen LogP contribution is 2.45. The molecule has 128 valence electrons. The molecule has 24 heavy (non-hydrogen) atoms. The minimum absolute atomic E-state index is 0.486. The van der Waals surface area contributed by atoms with Gasteiger partial charge in [-0.15, -0.1) is 0 Å². The predicted molar refractivity (Wildman–Crippen MR) is 99.8 cm³/mol. The lowest BCUT2D eigenvalue weighted by Crippen LogP contribution is -2.58. The number of ether oxygens (including phenoxy) is 1. The zero-order valence-corrected chi connectivity index (χ0v) is 14.9. The largest absolute Gasteiger partial charge is 0.367 e. The van der Waals surface area contributed by atoms with Gasteiger partial charge in [-0.25, -0.2) is 0 Å². The summed E-state index contributed by atoms with van der Waals surface area (Å²) in [5, 5.41) is 0. The Bertz CT molecular complexity index is 592. The Morgan fingerprint density at radius 1 is 0.958 bits per heavy atom. The van der Waals surface area contributed by atoms with E-state index in [1.165, 1.54) is 25.7 Å². The molecule has 0 aromatic heterocycles. The van der Waals surface area contributed by atoms with E-state index in [2.05, 4.69) is 55.5 Å². The van der Waals surface area contributed by atoms with Gasteiger partial charge in [-0.05, 0) is 36.8 Å². The molecule has 0 aliphatic heterocycles. The maximum absolute atomic E-state index is 6.97. The Hall–Kier alpha value is -1.64. The first-order chi connectivity index (χ1) is 11.6. The molecule has 2 aromatic rings. The Labute approximate surface area is 146 Å². The Kier molecular flexibility index (Phi) is 5.07. The van der Waals surface area contributed by atoms with E-state index < -0.39 is 11.1 Å². The van der Waals surface area contributed by atoms with Crippen molar-refractivity contribution >= 4 is 0 Å². The molecule has 2 aromatic carbocycles. The summed E-state index contributed by atoms with van der Waals surface area (Å²) in [5.74, 6) is 0.842. The second kappa shape index (κ2) is 7.08. The SMILES string of the molecule is COC(c1ccccc1)(c1ccccc1)C(C)(N)CCC1CCC1. The van der Waals surface area contributed by atoms with Gasteiger partial charge < -0.3 is 10.5 Å². The second-order valence-corrected chi connectivity index (χ2v) is 7.37. The number of methoxy groups -OCH3 is 1. The summed E-state index contributed by atoms with van der Waals surface area (Å²) < 4.78 is 6.23. The van der Waals surface area contributed by atoms with Crippen LogP contribution in [0.25, 0.3) is 0 Å². The van der Waals surface area contributed by atoms with E-state index in [4.69, 9.17) is 10.5 Å². The van der Waals surface area contributed by atoms with Crippen molar-refractivity contribution in [2.24, 2.45) is 11.7 Å². The van der Waals surface area contributed by atoms with E-state index >= 15 is 0 Å². The van der Waals surface area contributed by atoms with Crippen LogP contribution in [0.5, 0.6) is 0 Å². The summed E-state index contributed by atoms with van der Waals surface area (Å²) in [5.41, 5.74) is 8.09. The number of hydrogen-bond acceptors (Lipinski definition) is 2. The van der Waals surface area contributed by atoms with E-state index in [-0.39, 0.29) is 0 Å². The summed E-state index contributed by atoms with van der Waals surface area (Å²) in [7, 11) is 1.79. The average Bonchev–Trinajstić information content (AvgIpc) is 2.56. The molecule has 1 saturated carbocycles. The van der Waals surface area contributed by atoms with Crippen LogP contribution in [0.15, 0.2) is 60.7 Å². The molecule has 0 radical (unpaired) electrons. The maximum atomic E-state index is 6.97. The highest BCUT2D eigenvalue weighted by molar-refractivity contribution is 5.41. The second-order valence-electron chi connectivity index (χ2n) is 7.37. The molecule has 2 nitrogen and oxygen atoms in total. The molecule has 2 N–H and O–H groups in total. The highest BCUT2D eigenvalue weighted by atomic mass is 16.5. The van der Waals surface area contributed by atoms with E-state index in [0.717, 1.165) is 23.5 Å². The molecule has 3 rings (SSSR count). The van der Waals surface area contributed by atoms with Crippen LogP contribution in [0.1, 0.15) is 50.2 Å². The van der Waals surface area contributed by atoms with Crippen LogP contribution >= 0.6 is 0 Å². The highest BCUT2D eigenvalue weighted by Gasteiger charge is 2.49. The first-order valence-electron chi connectivity index (χ1n) is 9.05. The van der Waals surface area contributed by atoms with Crippen molar-refractivity contribution in [3.8, 4) is 0 Å². The Morgan fingerprint density at radius 3 is 1.83 bits per heavy atom. The van der Waals surface area contributed by atoms with E-state index in [1.54, 1.807) is 7.11 Å². The van der Waals surface area contributed by atoms with Gasteiger partial charge in [0.25, 0.3) is 0 Å². The third-order valence-electron chi connectivity index (χ3n) is 5.77. The molecule has 2 heteroatoms. The molecule has 0 spiro atoms. The summed E-state index contributed by atoms with van der Waals surface area (Å²) in [6, 6.07) is 20.9. The number of nitrogens with two attached hydrogens (primary N) is 1. The fourth-order valence-electron chi connectivity index (χ4n) is 4.10. The van der Waals surface area contributed by atoms with Gasteiger partial charge in [0.1, 0.15) is 5.60 Å². The van der Waals surface area contributed by atoms with Crippen LogP contribution in [-0.2, 0) is 10.3 Å². The predicted octanol–water partition coefficient (Wildman–Crippen LogP) is 4.87. The molecular formula is C22H29NO. The van der Waals surface area contributed by atoms with Crippen molar-refractivity contribution in [2.75, 3.05) is 7.11 Å². The van der Waals surface area contributed by atoms with Crippen LogP contribution in [0.2, 0.25) is 0 Å². The summed E-state index contributed by atoms with van der Waals surface area (Å²) in [6.45, 7) is 2.15. The van der Waals surface area contributed by atoms with Crippen molar-refractivity contribution in [3.05, 3.63) is 71.8 Å². The number of rotatable bonds is 7. The Balaban J connectivity index is 2.03. The normalized spacial score (nSPS) is 18.0. The van der Waals surface area contributed by atoms with Crippen molar-refractivity contribution in [3.63, 3.8) is 0 Å². The molecule has 0 saturated heterocycles. The topological polar surface area (TPSA) is 35.2 Å². The van der Waals surface area contributed by atoms with E-state index in [9.17, 15) is 0 Å². The van der Waals surface area contributed by atoms with Gasteiger partial charge in [0.05, 0.1) is 5.54 Å². The van der Waals surface area contributed by atoms with Crippen molar-refractivity contribution in [1.82, 2.24) is 0 Å². The van der Waals surface area contributed by atoms with Gasteiger partial charge >= 0.3 is 0 Å². The fraction of sp³-hybridized carbons (Fsp3) is 0.455. The van der Waals surface area contributed by atoms with Gasteiger partial charge in [0, 0.05) is 7.11 Å². The summed E-state index contributed by atoms with van der Waals surface area (Å²) in [4.78, 5) is 0. The first kappa shape index (κ1) is 17.2. The van der Waals surface area contributed by atoms with Crippen LogP contribution < -0.4 is 5.73 Å². The van der Waals surface area contributed by atoms with Crippen LogP contribution in [-0.4, -0.2) is 12.6 Å². The van der Waals surface area contributed by atoms with Gasteiger partial charge in [-0.3, -0.25) is 0 Å². The minimum atomic E-state index is -0.640. The summed E-state index contributed by atoms with van der Waals surface area (Å²) >= 11 is 0. The van der Waals surface area contributed by atoms with Gasteiger partial charge in [0.2, 0.25) is 0 Å². The lowest BCUT2D eigenvalue weighted by atomic mass is 9.68. The van der Waals surface area contributed by atoms with E-state index in [0.29, 0.717) is 0 Å². The standard InChI is InChI=1S/C22H29NO/c1-21(23,17-16-18-10-9-11-18)22(24-2,19-12-5-3-6-13-19)20-14-7-4-8-15-20/h3-8,12-15,18H,9-11,16-17,23H2,1-2H3. The zero-order valence-electron chi connectivity index (χ0n) is 14.9. The average molecular weight is 323 g/mol. The Morgan fingerprint density at radius 2 is 1.46 bits per heavy atom. The van der Waals surface area contributed by atoms with Gasteiger partial charge in [-0.1, -0.05) is 79.9 Å². The number of hydrogen-bond donors (Lipinski definition) is 1. The monoisotopic (exact) mass is 323 g/mol. The summed E-state index contributed by atoms with van der Waals surface area (Å²) in [6.07, 6.45) is 6.21. The molecule has 0 bridgehead atoms. The van der Waals surface area contributed by atoms with Crippen molar-refractivity contribution < 1.29 is 4.74 Å². The van der Waals surface area contributed by atoms with Gasteiger partial charge in [-0.2, -0.15) is 0 Å².